The molecule has 2 unspecified atom stereocenters. The normalized spacial score (nSPS) is 12.5. The van der Waals surface area contributed by atoms with Gasteiger partial charge in [0.05, 0.1) is 23.7 Å². The SMILES string of the molecule is O=C(CCCCCCCCCCC[P+](c1ccccc1)(c1ccccc1)c1ccccn1)NC(CO)C(O)c1ccc([N+](=O)[O-])cc1.[Cl-]. The van der Waals surface area contributed by atoms with Gasteiger partial charge in [-0.3, -0.25) is 14.9 Å². The zero-order chi connectivity index (χ0) is 33.3. The Morgan fingerprint density at radius 1 is 0.750 bits per heavy atom. The fourth-order valence-corrected chi connectivity index (χ4v) is 10.4. The van der Waals surface area contributed by atoms with E-state index in [0.717, 1.165) is 38.3 Å². The van der Waals surface area contributed by atoms with Crippen molar-refractivity contribution in [3.63, 3.8) is 0 Å². The van der Waals surface area contributed by atoms with Crippen molar-refractivity contribution >= 4 is 34.9 Å². The average Bonchev–Trinajstić information content (AvgIpc) is 3.12. The molecular formula is C38H47ClN3O5P. The maximum absolute atomic E-state index is 12.4. The summed E-state index contributed by atoms with van der Waals surface area (Å²) >= 11 is 0. The van der Waals surface area contributed by atoms with Gasteiger partial charge in [0.15, 0.2) is 5.44 Å². The van der Waals surface area contributed by atoms with Crippen LogP contribution in [0.25, 0.3) is 0 Å². The van der Waals surface area contributed by atoms with Gasteiger partial charge in [-0.15, -0.1) is 0 Å². The van der Waals surface area contributed by atoms with Crippen LogP contribution >= 0.6 is 7.26 Å². The second-order valence-electron chi connectivity index (χ2n) is 12.0. The lowest BCUT2D eigenvalue weighted by atomic mass is 10.0. The van der Waals surface area contributed by atoms with Crippen LogP contribution in [0.4, 0.5) is 5.69 Å². The molecule has 48 heavy (non-hydrogen) atoms. The van der Waals surface area contributed by atoms with Crippen LogP contribution in [0.2, 0.25) is 0 Å². The van der Waals surface area contributed by atoms with Gasteiger partial charge in [0.25, 0.3) is 5.69 Å². The zero-order valence-electron chi connectivity index (χ0n) is 27.4. The predicted octanol–water partition coefficient (Wildman–Crippen LogP) is 3.40. The van der Waals surface area contributed by atoms with Crippen molar-refractivity contribution in [1.82, 2.24) is 10.3 Å². The van der Waals surface area contributed by atoms with Gasteiger partial charge < -0.3 is 27.9 Å². The standard InChI is InChI=1S/C38H46N3O5P.ClH/c42-30-35(38(44)31-24-26-32(27-25-31)41(45)46)40-36(43)22-14-6-4-2-1-3-5-7-17-29-47(33-18-10-8-11-19-33,34-20-12-9-13-21-34)37-23-15-16-28-39-37;/h8-13,15-16,18-21,23-28,35,38,42,44H,1-7,14,17,22,29-30H2;1H. The second kappa shape index (κ2) is 20.6. The van der Waals surface area contributed by atoms with Gasteiger partial charge in [-0.1, -0.05) is 81.0 Å². The largest absolute Gasteiger partial charge is 1.00 e. The maximum Gasteiger partial charge on any atom is 0.269 e. The summed E-state index contributed by atoms with van der Waals surface area (Å²) in [7, 11) is -1.87. The molecule has 0 saturated carbocycles. The molecule has 0 aliphatic heterocycles. The average molecular weight is 692 g/mol. The topological polar surface area (TPSA) is 126 Å². The maximum atomic E-state index is 12.4. The van der Waals surface area contributed by atoms with E-state index in [9.17, 15) is 25.1 Å². The van der Waals surface area contributed by atoms with Crippen molar-refractivity contribution < 1.29 is 32.3 Å². The van der Waals surface area contributed by atoms with E-state index in [2.05, 4.69) is 78.1 Å². The molecular weight excluding hydrogens is 645 g/mol. The molecule has 0 fully saturated rings. The van der Waals surface area contributed by atoms with Crippen molar-refractivity contribution in [2.24, 2.45) is 0 Å². The first-order valence-corrected chi connectivity index (χ1v) is 18.7. The van der Waals surface area contributed by atoms with Crippen LogP contribution in [0.5, 0.6) is 0 Å². The number of hydrogen-bond acceptors (Lipinski definition) is 6. The van der Waals surface area contributed by atoms with Gasteiger partial charge in [-0.2, -0.15) is 0 Å². The molecule has 0 saturated heterocycles. The minimum Gasteiger partial charge on any atom is -1.00 e. The Hall–Kier alpha value is -3.68. The van der Waals surface area contributed by atoms with Gasteiger partial charge in [0, 0.05) is 30.8 Å². The Bertz CT molecular complexity index is 1400. The molecule has 3 N–H and O–H groups in total. The number of pyridine rings is 1. The van der Waals surface area contributed by atoms with Crippen LogP contribution in [-0.4, -0.2) is 44.8 Å². The molecule has 8 nitrogen and oxygen atoms in total. The molecule has 0 spiro atoms. The van der Waals surface area contributed by atoms with E-state index in [1.165, 1.54) is 66.0 Å². The summed E-state index contributed by atoms with van der Waals surface area (Å²) in [5.41, 5.74) is 1.51. The van der Waals surface area contributed by atoms with Crippen LogP contribution in [0.3, 0.4) is 0 Å². The quantitative estimate of drug-likeness (QED) is 0.0565. The lowest BCUT2D eigenvalue weighted by Crippen LogP contribution is -3.00. The predicted molar refractivity (Wildman–Crippen MR) is 191 cm³/mol. The molecule has 10 heteroatoms. The number of nitrogens with zero attached hydrogens (tertiary/aromatic N) is 2. The number of non-ortho nitro benzene ring substituents is 1. The minimum absolute atomic E-state index is 0. The molecule has 4 rings (SSSR count). The summed E-state index contributed by atoms with van der Waals surface area (Å²) in [5.74, 6) is -0.222. The number of nitro benzene ring substituents is 1. The van der Waals surface area contributed by atoms with Crippen LogP contribution < -0.4 is 33.8 Å². The highest BCUT2D eigenvalue weighted by Crippen LogP contribution is 2.55. The fraction of sp³-hybridized carbons (Fsp3) is 0.368. The molecule has 1 aromatic heterocycles. The number of unbranched alkanes of at least 4 members (excludes halogenated alkanes) is 8. The first-order valence-electron chi connectivity index (χ1n) is 16.7. The number of carbonyl (C=O) groups is 1. The van der Waals surface area contributed by atoms with Crippen molar-refractivity contribution in [3.8, 4) is 0 Å². The van der Waals surface area contributed by atoms with Gasteiger partial charge in [-0.25, -0.2) is 4.98 Å². The van der Waals surface area contributed by atoms with Crippen molar-refractivity contribution in [2.75, 3.05) is 12.8 Å². The Labute approximate surface area is 290 Å². The molecule has 256 valence electrons. The smallest absolute Gasteiger partial charge is 0.269 e. The first kappa shape index (κ1) is 38.8. The molecule has 0 bridgehead atoms. The van der Waals surface area contributed by atoms with E-state index >= 15 is 0 Å². The summed E-state index contributed by atoms with van der Waals surface area (Å²) in [6.45, 7) is -0.436. The number of carbonyl (C=O) groups excluding carboxylic acids is 1. The Balaban J connectivity index is 0.00000625. The van der Waals surface area contributed by atoms with Gasteiger partial charge in [0.1, 0.15) is 24.0 Å². The highest BCUT2D eigenvalue weighted by molar-refractivity contribution is 7.95. The molecule has 0 radical (unpaired) electrons. The number of nitro groups is 1. The molecule has 0 aliphatic rings. The van der Waals surface area contributed by atoms with Crippen molar-refractivity contribution in [2.45, 2.75) is 76.4 Å². The van der Waals surface area contributed by atoms with Gasteiger partial charge in [0.2, 0.25) is 5.91 Å². The van der Waals surface area contributed by atoms with Crippen LogP contribution in [0.1, 0.15) is 75.9 Å². The Morgan fingerprint density at radius 2 is 1.27 bits per heavy atom. The molecule has 4 aromatic rings. The number of nitrogens with one attached hydrogen (secondary N) is 1. The van der Waals surface area contributed by atoms with Gasteiger partial charge in [-0.05, 0) is 67.3 Å². The van der Waals surface area contributed by atoms with Crippen molar-refractivity contribution in [1.29, 1.82) is 0 Å². The van der Waals surface area contributed by atoms with E-state index in [0.29, 0.717) is 12.0 Å². The number of amides is 1. The fourth-order valence-electron chi connectivity index (χ4n) is 6.13. The lowest BCUT2D eigenvalue weighted by Gasteiger charge is -2.26. The summed E-state index contributed by atoms with van der Waals surface area (Å²) < 4.78 is 0. The van der Waals surface area contributed by atoms with E-state index in [1.807, 2.05) is 12.3 Å². The Morgan fingerprint density at radius 3 is 1.77 bits per heavy atom. The molecule has 0 aliphatic carbocycles. The lowest BCUT2D eigenvalue weighted by molar-refractivity contribution is -0.384. The summed E-state index contributed by atoms with van der Waals surface area (Å²) in [4.78, 5) is 27.7. The second-order valence-corrected chi connectivity index (χ2v) is 15.5. The summed E-state index contributed by atoms with van der Waals surface area (Å²) in [6, 6.07) is 32.7. The molecule has 1 amide bonds. The van der Waals surface area contributed by atoms with E-state index in [-0.39, 0.29) is 24.0 Å². The van der Waals surface area contributed by atoms with Crippen LogP contribution in [0.15, 0.2) is 109 Å². The first-order chi connectivity index (χ1) is 23.0. The number of rotatable bonds is 20. The molecule has 2 atom stereocenters. The number of hydrogen-bond donors (Lipinski definition) is 3. The number of aromatic nitrogens is 1. The number of aliphatic hydroxyl groups excluding tert-OH is 2. The van der Waals surface area contributed by atoms with E-state index in [4.69, 9.17) is 4.98 Å². The monoisotopic (exact) mass is 691 g/mol. The third-order valence-electron chi connectivity index (χ3n) is 8.70. The van der Waals surface area contributed by atoms with Crippen LogP contribution in [-0.2, 0) is 4.79 Å². The summed E-state index contributed by atoms with van der Waals surface area (Å²) in [5, 5.41) is 36.6. The minimum atomic E-state index is -1.87. The number of benzene rings is 3. The van der Waals surface area contributed by atoms with Crippen LogP contribution in [0, 0.1) is 10.1 Å². The highest BCUT2D eigenvalue weighted by Gasteiger charge is 2.46. The number of aliphatic hydroxyl groups is 2. The molecule has 3 aromatic carbocycles. The number of halogens is 1. The van der Waals surface area contributed by atoms with Gasteiger partial charge >= 0.3 is 0 Å². The molecule has 1 heterocycles. The third kappa shape index (κ3) is 10.9. The third-order valence-corrected chi connectivity index (χ3v) is 13.1. The summed E-state index contributed by atoms with van der Waals surface area (Å²) in [6.07, 6.45) is 12.0. The Kier molecular flexibility index (Phi) is 16.7. The van der Waals surface area contributed by atoms with E-state index in [1.54, 1.807) is 0 Å². The highest BCUT2D eigenvalue weighted by atomic mass is 35.5. The van der Waals surface area contributed by atoms with Crippen molar-refractivity contribution in [3.05, 3.63) is 125 Å². The zero-order valence-corrected chi connectivity index (χ0v) is 29.0. The van der Waals surface area contributed by atoms with E-state index < -0.39 is 30.9 Å².